The summed E-state index contributed by atoms with van der Waals surface area (Å²) in [7, 11) is 2.47. The maximum atomic E-state index is 12.3. The Balaban J connectivity index is 3.71. The summed E-state index contributed by atoms with van der Waals surface area (Å²) >= 11 is 0. The Morgan fingerprint density at radius 1 is 0.784 bits per heavy atom. The van der Waals surface area contributed by atoms with E-state index >= 15 is 0 Å². The fourth-order valence-electron chi connectivity index (χ4n) is 4.41. The van der Waals surface area contributed by atoms with Gasteiger partial charge in [0.15, 0.2) is 0 Å². The number of hydrogen-bond donors (Lipinski definition) is 2. The second-order valence-electron chi connectivity index (χ2n) is 11.8. The molecule has 0 saturated carbocycles. The molecule has 0 aliphatic carbocycles. The van der Waals surface area contributed by atoms with Gasteiger partial charge in [-0.1, -0.05) is 103 Å². The fourth-order valence-corrected chi connectivity index (χ4v) is 5.50. The highest BCUT2D eigenvalue weighted by molar-refractivity contribution is 7.52. The number of ether oxygens (including phenoxy) is 1. The van der Waals surface area contributed by atoms with E-state index in [1.165, 1.54) is 96.8 Å². The van der Waals surface area contributed by atoms with Crippen molar-refractivity contribution in [3.05, 3.63) is 0 Å². The van der Waals surface area contributed by atoms with Crippen LogP contribution < -0.4 is 5.32 Å². The van der Waals surface area contributed by atoms with Crippen LogP contribution in [0.15, 0.2) is 0 Å². The Labute approximate surface area is 229 Å². The molecular formula is C29H62N2O5P+. The van der Waals surface area contributed by atoms with E-state index in [-0.39, 0.29) is 25.3 Å². The smallest absolute Gasteiger partial charge is 0.328 e. The first-order chi connectivity index (χ1) is 17.6. The zero-order valence-electron chi connectivity index (χ0n) is 25.1. The van der Waals surface area contributed by atoms with E-state index in [2.05, 4.69) is 12.2 Å². The molecule has 37 heavy (non-hydrogen) atoms. The minimum absolute atomic E-state index is 0.0172. The average molecular weight is 550 g/mol. The van der Waals surface area contributed by atoms with Crippen LogP contribution in [0.5, 0.6) is 0 Å². The second-order valence-corrected chi connectivity index (χ2v) is 13.8. The van der Waals surface area contributed by atoms with Crippen LogP contribution in [-0.4, -0.2) is 75.0 Å². The van der Waals surface area contributed by atoms with Crippen molar-refractivity contribution < 1.29 is 28.0 Å². The Hall–Kier alpha value is -0.460. The highest BCUT2D eigenvalue weighted by Gasteiger charge is 2.23. The predicted molar refractivity (Wildman–Crippen MR) is 156 cm³/mol. The average Bonchev–Trinajstić information content (AvgIpc) is 2.80. The number of carbonyl (C=O) groups excluding carboxylic acids is 1. The van der Waals surface area contributed by atoms with E-state index in [1.54, 1.807) is 0 Å². The Bertz CT molecular complexity index is 583. The molecule has 222 valence electrons. The highest BCUT2D eigenvalue weighted by Crippen LogP contribution is 2.42. The third kappa shape index (κ3) is 28.4. The van der Waals surface area contributed by atoms with Crippen LogP contribution in [0.3, 0.4) is 0 Å². The maximum Gasteiger partial charge on any atom is 0.328 e. The van der Waals surface area contributed by atoms with Crippen LogP contribution >= 0.6 is 7.60 Å². The Kier molecular flexibility index (Phi) is 23.1. The van der Waals surface area contributed by atoms with Crippen LogP contribution in [-0.2, 0) is 18.6 Å². The van der Waals surface area contributed by atoms with E-state index in [0.29, 0.717) is 13.0 Å². The Morgan fingerprint density at radius 2 is 1.24 bits per heavy atom. The molecule has 0 heterocycles. The van der Waals surface area contributed by atoms with Crippen molar-refractivity contribution in [2.45, 2.75) is 129 Å². The second kappa shape index (κ2) is 23.4. The zero-order chi connectivity index (χ0) is 27.8. The normalized spacial score (nSPS) is 14.4. The number of carbonyl (C=O) groups is 1. The van der Waals surface area contributed by atoms with E-state index in [9.17, 15) is 14.3 Å². The summed E-state index contributed by atoms with van der Waals surface area (Å²) in [5.41, 5.74) is 0. The molecule has 8 heteroatoms. The Morgan fingerprint density at radius 3 is 1.68 bits per heavy atom. The highest BCUT2D eigenvalue weighted by atomic mass is 31.2. The van der Waals surface area contributed by atoms with Gasteiger partial charge in [-0.3, -0.25) is 9.36 Å². The molecule has 1 unspecified atom stereocenters. The number of rotatable bonds is 27. The largest absolute Gasteiger partial charge is 0.379 e. The number of amides is 1. The molecule has 1 amide bonds. The first kappa shape index (κ1) is 36.5. The molecule has 2 N–H and O–H groups in total. The van der Waals surface area contributed by atoms with Gasteiger partial charge in [-0.25, -0.2) is 0 Å². The molecule has 0 saturated heterocycles. The number of nitrogens with one attached hydrogen (secondary N) is 1. The summed E-state index contributed by atoms with van der Waals surface area (Å²) in [6, 6.07) is -0.419. The number of quaternary nitrogens is 1. The first-order valence-corrected chi connectivity index (χ1v) is 16.9. The van der Waals surface area contributed by atoms with Gasteiger partial charge in [0, 0.05) is 20.0 Å². The molecule has 0 aromatic carbocycles. The lowest BCUT2D eigenvalue weighted by atomic mass is 10.0. The van der Waals surface area contributed by atoms with Gasteiger partial charge < -0.3 is 24.0 Å². The van der Waals surface area contributed by atoms with Gasteiger partial charge in [-0.05, 0) is 6.42 Å². The van der Waals surface area contributed by atoms with Crippen molar-refractivity contribution in [1.82, 2.24) is 5.32 Å². The van der Waals surface area contributed by atoms with Crippen LogP contribution in [0, 0.1) is 0 Å². The molecule has 0 aliphatic heterocycles. The molecule has 2 atom stereocenters. The molecule has 0 spiro atoms. The lowest BCUT2D eigenvalue weighted by Crippen LogP contribution is -2.40. The summed E-state index contributed by atoms with van der Waals surface area (Å²) in [5, 5.41) is 2.77. The third-order valence-corrected chi connectivity index (χ3v) is 8.05. The molecule has 0 fully saturated rings. The lowest BCUT2D eigenvalue weighted by molar-refractivity contribution is -0.870. The predicted octanol–water partition coefficient (Wildman–Crippen LogP) is 7.07. The third-order valence-electron chi connectivity index (χ3n) is 6.62. The molecule has 0 aliphatic rings. The van der Waals surface area contributed by atoms with Crippen LogP contribution in [0.1, 0.15) is 123 Å². The van der Waals surface area contributed by atoms with Gasteiger partial charge in [0.25, 0.3) is 0 Å². The fraction of sp³-hybridized carbons (Fsp3) is 0.966. The molecule has 0 aromatic rings. The zero-order valence-corrected chi connectivity index (χ0v) is 26.0. The van der Waals surface area contributed by atoms with Crippen LogP contribution in [0.2, 0.25) is 0 Å². The molecule has 7 nitrogen and oxygen atoms in total. The van der Waals surface area contributed by atoms with E-state index < -0.39 is 13.6 Å². The summed E-state index contributed by atoms with van der Waals surface area (Å²) in [4.78, 5) is 21.6. The number of hydrogen-bond acceptors (Lipinski definition) is 4. The van der Waals surface area contributed by atoms with Gasteiger partial charge in [-0.2, -0.15) is 0 Å². The van der Waals surface area contributed by atoms with Gasteiger partial charge in [0.1, 0.15) is 0 Å². The van der Waals surface area contributed by atoms with Gasteiger partial charge >= 0.3 is 7.60 Å². The van der Waals surface area contributed by atoms with Crippen LogP contribution in [0.25, 0.3) is 0 Å². The molecule has 0 rings (SSSR count). The van der Waals surface area contributed by atoms with Crippen molar-refractivity contribution in [3.63, 3.8) is 0 Å². The van der Waals surface area contributed by atoms with Crippen molar-refractivity contribution in [2.75, 3.05) is 53.7 Å². The van der Waals surface area contributed by atoms with E-state index in [0.717, 1.165) is 23.9 Å². The van der Waals surface area contributed by atoms with Gasteiger partial charge in [0.2, 0.25) is 5.91 Å². The van der Waals surface area contributed by atoms with E-state index in [4.69, 9.17) is 9.26 Å². The van der Waals surface area contributed by atoms with E-state index in [1.807, 2.05) is 21.1 Å². The molecular weight excluding hydrogens is 487 g/mol. The maximum absolute atomic E-state index is 12.3. The molecule has 0 radical (unpaired) electrons. The monoisotopic (exact) mass is 549 g/mol. The summed E-state index contributed by atoms with van der Waals surface area (Å²) < 4.78 is 24.1. The van der Waals surface area contributed by atoms with Crippen molar-refractivity contribution in [2.24, 2.45) is 0 Å². The first-order valence-electron chi connectivity index (χ1n) is 15.2. The molecule has 0 bridgehead atoms. The van der Waals surface area contributed by atoms with Crippen molar-refractivity contribution >= 4 is 13.5 Å². The quantitative estimate of drug-likeness (QED) is 0.0650. The lowest BCUT2D eigenvalue weighted by Gasteiger charge is -2.24. The summed E-state index contributed by atoms with van der Waals surface area (Å²) in [6.07, 6.45) is 22.1. The summed E-state index contributed by atoms with van der Waals surface area (Å²) in [6.45, 7) is 5.41. The summed E-state index contributed by atoms with van der Waals surface area (Å²) in [5.74, 6) is -0.197. The SMILES string of the molecule is CCCCCCCCCCCCCCCCCCOC[C@H](COP(=O)(O)CCC[N+](C)(C)C)NC(C)=O. The standard InChI is InChI=1S/C29H61N2O5P/c1-6-7-8-9-10-11-12-13-14-15-16-17-18-19-20-21-24-35-26-29(30-28(2)32)27-36-37(33,34)25-22-23-31(3,4)5/h29H,6-27H2,1-5H3,(H-,30,32,33,34)/p+1/t29-/m1/s1. The number of unbranched alkanes of at least 4 members (excludes halogenated alkanes) is 15. The number of nitrogens with zero attached hydrogens (tertiary/aromatic N) is 1. The molecule has 0 aromatic heterocycles. The van der Waals surface area contributed by atoms with Gasteiger partial charge in [0.05, 0.1) is 53.1 Å². The van der Waals surface area contributed by atoms with Crippen LogP contribution in [0.4, 0.5) is 0 Å². The van der Waals surface area contributed by atoms with Gasteiger partial charge in [-0.15, -0.1) is 0 Å². The topological polar surface area (TPSA) is 84.9 Å². The minimum atomic E-state index is -3.67. The van der Waals surface area contributed by atoms with Crippen molar-refractivity contribution in [3.8, 4) is 0 Å². The minimum Gasteiger partial charge on any atom is -0.379 e. The van der Waals surface area contributed by atoms with Crippen molar-refractivity contribution in [1.29, 1.82) is 0 Å².